The average Bonchev–Trinajstić information content (AvgIpc) is 1.85. The van der Waals surface area contributed by atoms with Crippen LogP contribution in [0, 0.1) is 17.8 Å². The second-order valence-corrected chi connectivity index (χ2v) is 3.77. The second kappa shape index (κ2) is 3.21. The number of allylic oxidation sites excluding steroid dienone is 2. The fourth-order valence-corrected chi connectivity index (χ4v) is 2.05. The minimum atomic E-state index is 0.249. The van der Waals surface area contributed by atoms with Crippen molar-refractivity contribution in [1.82, 2.24) is 0 Å². The number of carbonyl (C=O) groups is 1. The molecular formula is C10H16O. The van der Waals surface area contributed by atoms with Crippen molar-refractivity contribution in [2.45, 2.75) is 27.2 Å². The van der Waals surface area contributed by atoms with E-state index in [0.29, 0.717) is 11.8 Å². The summed E-state index contributed by atoms with van der Waals surface area (Å²) in [6.07, 6.45) is 4.42. The first-order chi connectivity index (χ1) is 5.15. The summed E-state index contributed by atoms with van der Waals surface area (Å²) in [5, 5.41) is 0. The molecule has 0 aromatic heterocycles. The lowest BCUT2D eigenvalue weighted by Gasteiger charge is -2.28. The van der Waals surface area contributed by atoms with E-state index in [-0.39, 0.29) is 5.92 Å². The molecule has 0 spiro atoms. The molecule has 0 bridgehead atoms. The standard InChI is InChI=1S/C10H16O/c1-7-4-8(2)10(6-11)9(3)5-7/h4,6,8-10H,5H2,1-3H3/t8-,9-,10+/m0/s1. The quantitative estimate of drug-likeness (QED) is 0.416. The van der Waals surface area contributed by atoms with Crippen molar-refractivity contribution in [2.24, 2.45) is 17.8 Å². The zero-order chi connectivity index (χ0) is 8.43. The van der Waals surface area contributed by atoms with Gasteiger partial charge in [0.15, 0.2) is 0 Å². The van der Waals surface area contributed by atoms with Crippen molar-refractivity contribution in [2.75, 3.05) is 0 Å². The highest BCUT2D eigenvalue weighted by Gasteiger charge is 2.25. The van der Waals surface area contributed by atoms with E-state index in [4.69, 9.17) is 0 Å². The maximum absolute atomic E-state index is 10.7. The Morgan fingerprint density at radius 1 is 1.55 bits per heavy atom. The van der Waals surface area contributed by atoms with Crippen molar-refractivity contribution >= 4 is 6.29 Å². The Balaban J connectivity index is 2.76. The lowest BCUT2D eigenvalue weighted by molar-refractivity contribution is -0.113. The van der Waals surface area contributed by atoms with Gasteiger partial charge in [0, 0.05) is 5.92 Å². The van der Waals surface area contributed by atoms with Crippen molar-refractivity contribution in [1.29, 1.82) is 0 Å². The van der Waals surface area contributed by atoms with Crippen molar-refractivity contribution in [3.05, 3.63) is 11.6 Å². The molecule has 1 heteroatoms. The summed E-state index contributed by atoms with van der Waals surface area (Å²) in [5.41, 5.74) is 1.43. The van der Waals surface area contributed by atoms with Gasteiger partial charge in [0.05, 0.1) is 0 Å². The molecule has 0 amide bonds. The zero-order valence-electron chi connectivity index (χ0n) is 7.50. The minimum absolute atomic E-state index is 0.249. The average molecular weight is 152 g/mol. The zero-order valence-corrected chi connectivity index (χ0v) is 7.50. The van der Waals surface area contributed by atoms with Gasteiger partial charge in [0.1, 0.15) is 6.29 Å². The maximum atomic E-state index is 10.7. The van der Waals surface area contributed by atoms with Crippen LogP contribution in [0.2, 0.25) is 0 Å². The van der Waals surface area contributed by atoms with Gasteiger partial charge in [-0.3, -0.25) is 0 Å². The largest absolute Gasteiger partial charge is 0.303 e. The Labute approximate surface area is 68.5 Å². The number of aldehydes is 1. The van der Waals surface area contributed by atoms with E-state index in [9.17, 15) is 4.79 Å². The molecular weight excluding hydrogens is 136 g/mol. The summed E-state index contributed by atoms with van der Waals surface area (Å²) in [6.45, 7) is 6.43. The maximum Gasteiger partial charge on any atom is 0.123 e. The molecule has 1 rings (SSSR count). The topological polar surface area (TPSA) is 17.1 Å². The molecule has 1 aliphatic rings. The predicted molar refractivity (Wildman–Crippen MR) is 46.3 cm³/mol. The van der Waals surface area contributed by atoms with Gasteiger partial charge in [-0.2, -0.15) is 0 Å². The van der Waals surface area contributed by atoms with Crippen molar-refractivity contribution in [3.63, 3.8) is 0 Å². The minimum Gasteiger partial charge on any atom is -0.303 e. The third-order valence-electron chi connectivity index (χ3n) is 2.61. The second-order valence-electron chi connectivity index (χ2n) is 3.77. The van der Waals surface area contributed by atoms with Gasteiger partial charge in [0.25, 0.3) is 0 Å². The SMILES string of the molecule is CC1=C[C@H](C)[C@@H](C=O)[C@@H](C)C1. The van der Waals surface area contributed by atoms with E-state index in [2.05, 4.69) is 26.8 Å². The van der Waals surface area contributed by atoms with Crippen LogP contribution in [0.15, 0.2) is 11.6 Å². The van der Waals surface area contributed by atoms with Crippen LogP contribution in [0.25, 0.3) is 0 Å². The van der Waals surface area contributed by atoms with Gasteiger partial charge in [-0.1, -0.05) is 25.5 Å². The molecule has 1 nitrogen and oxygen atoms in total. The van der Waals surface area contributed by atoms with Gasteiger partial charge in [-0.15, -0.1) is 0 Å². The van der Waals surface area contributed by atoms with E-state index in [1.165, 1.54) is 5.57 Å². The van der Waals surface area contributed by atoms with E-state index < -0.39 is 0 Å². The van der Waals surface area contributed by atoms with Crippen LogP contribution >= 0.6 is 0 Å². The molecule has 0 fully saturated rings. The van der Waals surface area contributed by atoms with Gasteiger partial charge in [0.2, 0.25) is 0 Å². The summed E-state index contributed by atoms with van der Waals surface area (Å²) < 4.78 is 0. The first-order valence-corrected chi connectivity index (χ1v) is 4.27. The van der Waals surface area contributed by atoms with E-state index in [1.54, 1.807) is 0 Å². The van der Waals surface area contributed by atoms with E-state index in [1.807, 2.05) is 0 Å². The molecule has 0 unspecified atom stereocenters. The highest BCUT2D eigenvalue weighted by Crippen LogP contribution is 2.31. The number of carbonyl (C=O) groups excluding carboxylic acids is 1. The Hall–Kier alpha value is -0.590. The Bertz CT molecular complexity index is 181. The molecule has 0 aliphatic heterocycles. The van der Waals surface area contributed by atoms with Crippen LogP contribution < -0.4 is 0 Å². The van der Waals surface area contributed by atoms with Gasteiger partial charge < -0.3 is 4.79 Å². The van der Waals surface area contributed by atoms with Crippen molar-refractivity contribution in [3.8, 4) is 0 Å². The third-order valence-corrected chi connectivity index (χ3v) is 2.61. The number of hydrogen-bond donors (Lipinski definition) is 0. The molecule has 1 aliphatic carbocycles. The van der Waals surface area contributed by atoms with Crippen molar-refractivity contribution < 1.29 is 4.79 Å². The van der Waals surface area contributed by atoms with Crippen LogP contribution in [0.1, 0.15) is 27.2 Å². The molecule has 3 atom stereocenters. The smallest absolute Gasteiger partial charge is 0.123 e. The van der Waals surface area contributed by atoms with Gasteiger partial charge in [-0.25, -0.2) is 0 Å². The Kier molecular flexibility index (Phi) is 2.48. The fraction of sp³-hybridized carbons (Fsp3) is 0.700. The number of hydrogen-bond acceptors (Lipinski definition) is 1. The van der Waals surface area contributed by atoms with Crippen LogP contribution in [0.5, 0.6) is 0 Å². The molecule has 0 saturated carbocycles. The van der Waals surface area contributed by atoms with Crippen LogP contribution in [0.3, 0.4) is 0 Å². The lowest BCUT2D eigenvalue weighted by Crippen LogP contribution is -2.24. The summed E-state index contributed by atoms with van der Waals surface area (Å²) in [5.74, 6) is 1.22. The summed E-state index contributed by atoms with van der Waals surface area (Å²) >= 11 is 0. The third kappa shape index (κ3) is 1.70. The van der Waals surface area contributed by atoms with E-state index >= 15 is 0 Å². The molecule has 0 aromatic rings. The molecule has 11 heavy (non-hydrogen) atoms. The van der Waals surface area contributed by atoms with Crippen LogP contribution in [-0.2, 0) is 4.79 Å². The first-order valence-electron chi connectivity index (χ1n) is 4.27. The van der Waals surface area contributed by atoms with E-state index in [0.717, 1.165) is 12.7 Å². The van der Waals surface area contributed by atoms with Gasteiger partial charge >= 0.3 is 0 Å². The Morgan fingerprint density at radius 3 is 2.64 bits per heavy atom. The van der Waals surface area contributed by atoms with Gasteiger partial charge in [-0.05, 0) is 25.2 Å². The van der Waals surface area contributed by atoms with Crippen LogP contribution in [-0.4, -0.2) is 6.29 Å². The molecule has 0 aromatic carbocycles. The molecule has 0 saturated heterocycles. The highest BCUT2D eigenvalue weighted by atomic mass is 16.1. The van der Waals surface area contributed by atoms with Crippen LogP contribution in [0.4, 0.5) is 0 Å². The molecule has 62 valence electrons. The predicted octanol–water partition coefficient (Wildman–Crippen LogP) is 2.42. The molecule has 0 N–H and O–H groups in total. The molecule has 0 radical (unpaired) electrons. The first kappa shape index (κ1) is 8.51. The summed E-state index contributed by atoms with van der Waals surface area (Å²) in [6, 6.07) is 0. The normalized spacial score (nSPS) is 38.1. The lowest BCUT2D eigenvalue weighted by atomic mass is 9.76. The summed E-state index contributed by atoms with van der Waals surface area (Å²) in [7, 11) is 0. The number of rotatable bonds is 1. The molecule has 0 heterocycles. The highest BCUT2D eigenvalue weighted by molar-refractivity contribution is 5.55. The monoisotopic (exact) mass is 152 g/mol. The fourth-order valence-electron chi connectivity index (χ4n) is 2.05. The summed E-state index contributed by atoms with van der Waals surface area (Å²) in [4.78, 5) is 10.7. The Morgan fingerprint density at radius 2 is 2.18 bits per heavy atom.